The van der Waals surface area contributed by atoms with E-state index in [1.54, 1.807) is 12.1 Å². The number of nitrogens with two attached hydrogens (primary N) is 1. The van der Waals surface area contributed by atoms with Gasteiger partial charge in [0.25, 0.3) is 0 Å². The molecule has 1 atom stereocenters. The summed E-state index contributed by atoms with van der Waals surface area (Å²) in [6, 6.07) is 6.96. The Labute approximate surface area is 110 Å². The molecule has 3 nitrogen and oxygen atoms in total. The topological polar surface area (TPSA) is 48.1 Å². The van der Waals surface area contributed by atoms with Crippen LogP contribution in [0.3, 0.4) is 0 Å². The van der Waals surface area contributed by atoms with Crippen LogP contribution >= 0.6 is 0 Å². The molecule has 0 aliphatic carbocycles. The second-order valence-electron chi connectivity index (χ2n) is 4.09. The maximum absolute atomic E-state index is 13.4. The first-order chi connectivity index (χ1) is 9.11. The number of hydrogen-bond acceptors (Lipinski definition) is 3. The molecular formula is C14H14F2N2O. The van der Waals surface area contributed by atoms with Crippen molar-refractivity contribution in [2.75, 3.05) is 0 Å². The van der Waals surface area contributed by atoms with Crippen LogP contribution in [0, 0.1) is 11.6 Å². The highest BCUT2D eigenvalue weighted by Crippen LogP contribution is 2.25. The quantitative estimate of drug-likeness (QED) is 0.918. The predicted molar refractivity (Wildman–Crippen MR) is 67.9 cm³/mol. The highest BCUT2D eigenvalue weighted by Gasteiger charge is 2.10. The summed E-state index contributed by atoms with van der Waals surface area (Å²) in [7, 11) is 0. The number of aromatic nitrogens is 1. The summed E-state index contributed by atoms with van der Waals surface area (Å²) in [6.07, 6.45) is 2.21. The highest BCUT2D eigenvalue weighted by atomic mass is 19.2. The van der Waals surface area contributed by atoms with Crippen LogP contribution in [0.5, 0.6) is 11.5 Å². The summed E-state index contributed by atoms with van der Waals surface area (Å²) < 4.78 is 31.7. The van der Waals surface area contributed by atoms with E-state index in [2.05, 4.69) is 4.98 Å². The Bertz CT molecular complexity index is 558. The van der Waals surface area contributed by atoms with Crippen LogP contribution in [-0.4, -0.2) is 4.98 Å². The molecule has 5 heteroatoms. The minimum Gasteiger partial charge on any atom is -0.453 e. The second kappa shape index (κ2) is 5.75. The summed E-state index contributed by atoms with van der Waals surface area (Å²) in [4.78, 5) is 4.13. The van der Waals surface area contributed by atoms with E-state index in [1.807, 2.05) is 6.92 Å². The van der Waals surface area contributed by atoms with Crippen molar-refractivity contribution in [3.8, 4) is 11.5 Å². The zero-order valence-corrected chi connectivity index (χ0v) is 10.4. The molecule has 0 saturated carbocycles. The van der Waals surface area contributed by atoms with Gasteiger partial charge in [-0.3, -0.25) is 4.98 Å². The van der Waals surface area contributed by atoms with Crippen LogP contribution in [0.4, 0.5) is 8.78 Å². The van der Waals surface area contributed by atoms with E-state index in [1.165, 1.54) is 18.3 Å². The monoisotopic (exact) mass is 264 g/mol. The summed E-state index contributed by atoms with van der Waals surface area (Å²) >= 11 is 0. The Morgan fingerprint density at radius 3 is 2.68 bits per heavy atom. The minimum atomic E-state index is -1.02. The molecule has 19 heavy (non-hydrogen) atoms. The first-order valence-electron chi connectivity index (χ1n) is 5.95. The Balaban J connectivity index is 2.18. The van der Waals surface area contributed by atoms with Crippen molar-refractivity contribution in [3.63, 3.8) is 0 Å². The predicted octanol–water partition coefficient (Wildman–Crippen LogP) is 3.56. The van der Waals surface area contributed by atoms with Crippen LogP contribution in [-0.2, 0) is 0 Å². The van der Waals surface area contributed by atoms with Gasteiger partial charge in [0.2, 0.25) is 5.82 Å². The van der Waals surface area contributed by atoms with Gasteiger partial charge in [0.1, 0.15) is 5.75 Å². The van der Waals surface area contributed by atoms with Crippen molar-refractivity contribution < 1.29 is 13.5 Å². The highest BCUT2D eigenvalue weighted by molar-refractivity contribution is 5.31. The fraction of sp³-hybridized carbons (Fsp3) is 0.214. The van der Waals surface area contributed by atoms with Gasteiger partial charge >= 0.3 is 0 Å². The van der Waals surface area contributed by atoms with Gasteiger partial charge in [-0.05, 0) is 30.7 Å². The van der Waals surface area contributed by atoms with Gasteiger partial charge in [0, 0.05) is 6.04 Å². The summed E-state index contributed by atoms with van der Waals surface area (Å²) in [5, 5.41) is 0. The van der Waals surface area contributed by atoms with Gasteiger partial charge in [-0.25, -0.2) is 4.39 Å². The lowest BCUT2D eigenvalue weighted by Gasteiger charge is -2.10. The molecule has 2 rings (SSSR count). The van der Waals surface area contributed by atoms with Gasteiger partial charge in [0.15, 0.2) is 11.6 Å². The molecule has 100 valence electrons. The van der Waals surface area contributed by atoms with Gasteiger partial charge in [-0.2, -0.15) is 4.39 Å². The Morgan fingerprint density at radius 1 is 1.26 bits per heavy atom. The van der Waals surface area contributed by atoms with Crippen LogP contribution < -0.4 is 10.5 Å². The SMILES string of the molecule is CCC(N)c1ccc(Oc2cccc(F)c2F)cn1. The van der Waals surface area contributed by atoms with Crippen molar-refractivity contribution in [1.82, 2.24) is 4.98 Å². The second-order valence-corrected chi connectivity index (χ2v) is 4.09. The van der Waals surface area contributed by atoms with Crippen molar-refractivity contribution in [2.24, 2.45) is 5.73 Å². The molecule has 0 aliphatic rings. The van der Waals surface area contributed by atoms with Gasteiger partial charge in [-0.15, -0.1) is 0 Å². The molecule has 1 heterocycles. The molecule has 2 N–H and O–H groups in total. The number of hydrogen-bond donors (Lipinski definition) is 1. The number of ether oxygens (including phenoxy) is 1. The Morgan fingerprint density at radius 2 is 2.05 bits per heavy atom. The standard InChI is InChI=1S/C14H14F2N2O/c1-2-11(17)12-7-6-9(8-18-12)19-13-5-3-4-10(15)14(13)16/h3-8,11H,2,17H2,1H3. The maximum Gasteiger partial charge on any atom is 0.201 e. The lowest BCUT2D eigenvalue weighted by atomic mass is 10.1. The van der Waals surface area contributed by atoms with E-state index in [0.29, 0.717) is 5.75 Å². The van der Waals surface area contributed by atoms with Crippen LogP contribution in [0.25, 0.3) is 0 Å². The molecule has 0 bridgehead atoms. The fourth-order valence-electron chi connectivity index (χ4n) is 1.57. The fourth-order valence-corrected chi connectivity index (χ4v) is 1.57. The Hall–Kier alpha value is -2.01. The van der Waals surface area contributed by atoms with E-state index < -0.39 is 11.6 Å². The first-order valence-corrected chi connectivity index (χ1v) is 5.95. The third-order valence-corrected chi connectivity index (χ3v) is 2.72. The first kappa shape index (κ1) is 13.4. The smallest absolute Gasteiger partial charge is 0.201 e. The number of halogens is 2. The van der Waals surface area contributed by atoms with Crippen molar-refractivity contribution >= 4 is 0 Å². The summed E-state index contributed by atoms with van der Waals surface area (Å²) in [6.45, 7) is 1.96. The van der Waals surface area contributed by atoms with Gasteiger partial charge in [0.05, 0.1) is 11.9 Å². The summed E-state index contributed by atoms with van der Waals surface area (Å²) in [5.74, 6) is -1.81. The third-order valence-electron chi connectivity index (χ3n) is 2.72. The van der Waals surface area contributed by atoms with Gasteiger partial charge in [-0.1, -0.05) is 13.0 Å². The third kappa shape index (κ3) is 3.06. The van der Waals surface area contributed by atoms with E-state index in [-0.39, 0.29) is 11.8 Å². The molecular weight excluding hydrogens is 250 g/mol. The Kier molecular flexibility index (Phi) is 4.06. The molecule has 2 aromatic rings. The average molecular weight is 264 g/mol. The van der Waals surface area contributed by atoms with Crippen LogP contribution in [0.2, 0.25) is 0 Å². The van der Waals surface area contributed by atoms with Crippen LogP contribution in [0.1, 0.15) is 25.1 Å². The molecule has 1 unspecified atom stereocenters. The molecule has 0 spiro atoms. The average Bonchev–Trinajstić information content (AvgIpc) is 2.44. The van der Waals surface area contributed by atoms with Crippen molar-refractivity contribution in [2.45, 2.75) is 19.4 Å². The van der Waals surface area contributed by atoms with Gasteiger partial charge < -0.3 is 10.5 Å². The largest absolute Gasteiger partial charge is 0.453 e. The van der Waals surface area contributed by atoms with E-state index in [0.717, 1.165) is 18.2 Å². The summed E-state index contributed by atoms with van der Waals surface area (Å²) in [5.41, 5.74) is 6.56. The molecule has 0 amide bonds. The van der Waals surface area contributed by atoms with Crippen molar-refractivity contribution in [1.29, 1.82) is 0 Å². The van der Waals surface area contributed by atoms with E-state index in [9.17, 15) is 8.78 Å². The van der Waals surface area contributed by atoms with Crippen LogP contribution in [0.15, 0.2) is 36.5 Å². The normalized spacial score (nSPS) is 12.2. The molecule has 1 aromatic carbocycles. The van der Waals surface area contributed by atoms with Crippen molar-refractivity contribution in [3.05, 3.63) is 53.9 Å². The lowest BCUT2D eigenvalue weighted by Crippen LogP contribution is -2.10. The number of nitrogens with zero attached hydrogens (tertiary/aromatic N) is 1. The molecule has 0 aliphatic heterocycles. The zero-order chi connectivity index (χ0) is 13.8. The maximum atomic E-state index is 13.4. The molecule has 1 aromatic heterocycles. The number of rotatable bonds is 4. The van der Waals surface area contributed by atoms with E-state index >= 15 is 0 Å². The zero-order valence-electron chi connectivity index (χ0n) is 10.4. The molecule has 0 fully saturated rings. The van der Waals surface area contributed by atoms with E-state index in [4.69, 9.17) is 10.5 Å². The lowest BCUT2D eigenvalue weighted by molar-refractivity contribution is 0.414. The molecule has 0 radical (unpaired) electrons. The number of benzene rings is 1. The number of pyridine rings is 1. The minimum absolute atomic E-state index is 0.139. The molecule has 0 saturated heterocycles.